The number of halogens is 3. The first-order valence-electron chi connectivity index (χ1n) is 10.9. The van der Waals surface area contributed by atoms with Crippen molar-refractivity contribution in [3.05, 3.63) is 92.7 Å². The number of carbonyl (C=O) groups excluding carboxylic acids is 1. The summed E-state index contributed by atoms with van der Waals surface area (Å²) in [5.41, 5.74) is -0.441. The van der Waals surface area contributed by atoms with Crippen molar-refractivity contribution in [1.82, 2.24) is 9.58 Å². The van der Waals surface area contributed by atoms with Crippen LogP contribution in [0.5, 0.6) is 5.75 Å². The standard InChI is InChI=1S/C24H18F3N3O4Se/c25-14-9-15(26)20(27)13-11-35-17-4-2-1-3-12(17)21(19(13)14)30-18-10-34-8-7-28(18)24(33)22-23(32)16(31)5-6-29(22)30/h1-6,9,18,21,32H,7-8,10-11H2/t18-,21-/m1/s1. The van der Waals surface area contributed by atoms with Crippen LogP contribution in [0.2, 0.25) is 0 Å². The first kappa shape index (κ1) is 22.2. The summed E-state index contributed by atoms with van der Waals surface area (Å²) in [7, 11) is 0. The molecule has 1 amide bonds. The van der Waals surface area contributed by atoms with Gasteiger partial charge in [0.2, 0.25) is 0 Å². The number of hydrogen-bond donors (Lipinski definition) is 1. The van der Waals surface area contributed by atoms with Crippen molar-refractivity contribution < 1.29 is 27.8 Å². The Morgan fingerprint density at radius 1 is 1.09 bits per heavy atom. The quantitative estimate of drug-likeness (QED) is 0.368. The van der Waals surface area contributed by atoms with Crippen molar-refractivity contribution >= 4 is 25.3 Å². The first-order chi connectivity index (χ1) is 16.9. The molecule has 35 heavy (non-hydrogen) atoms. The molecule has 0 radical (unpaired) electrons. The third-order valence-electron chi connectivity index (χ3n) is 6.61. The zero-order chi connectivity index (χ0) is 24.4. The molecule has 0 saturated carbocycles. The molecule has 3 aromatic rings. The number of amides is 1. The molecule has 3 aliphatic heterocycles. The fourth-order valence-electron chi connectivity index (χ4n) is 5.05. The van der Waals surface area contributed by atoms with Crippen molar-refractivity contribution in [1.29, 1.82) is 0 Å². The van der Waals surface area contributed by atoms with Crippen LogP contribution in [0.15, 0.2) is 47.4 Å². The van der Waals surface area contributed by atoms with E-state index in [1.807, 2.05) is 12.1 Å². The molecular formula is C24H18F3N3O4Se. The van der Waals surface area contributed by atoms with E-state index < -0.39 is 46.7 Å². The van der Waals surface area contributed by atoms with Crippen LogP contribution in [0.3, 0.4) is 0 Å². The van der Waals surface area contributed by atoms with Gasteiger partial charge in [-0.2, -0.15) is 0 Å². The Labute approximate surface area is 203 Å². The average molecular weight is 548 g/mol. The van der Waals surface area contributed by atoms with Crippen molar-refractivity contribution in [3.63, 3.8) is 0 Å². The van der Waals surface area contributed by atoms with Crippen molar-refractivity contribution in [2.75, 3.05) is 24.8 Å². The molecule has 4 heterocycles. The number of hydrogen-bond acceptors (Lipinski definition) is 5. The van der Waals surface area contributed by atoms with Crippen LogP contribution >= 0.6 is 0 Å². The van der Waals surface area contributed by atoms with Crippen LogP contribution in [-0.4, -0.2) is 61.5 Å². The fraction of sp³-hybridized carbons (Fsp3) is 0.250. The van der Waals surface area contributed by atoms with Crippen molar-refractivity contribution in [3.8, 4) is 5.75 Å². The molecule has 0 spiro atoms. The third kappa shape index (κ3) is 3.22. The Morgan fingerprint density at radius 3 is 2.71 bits per heavy atom. The second-order valence-corrected chi connectivity index (χ2v) is 10.6. The molecule has 0 unspecified atom stereocenters. The van der Waals surface area contributed by atoms with Gasteiger partial charge >= 0.3 is 203 Å². The average Bonchev–Trinajstić information content (AvgIpc) is 3.03. The summed E-state index contributed by atoms with van der Waals surface area (Å²) in [5.74, 6) is -4.58. The molecule has 7 nitrogen and oxygen atoms in total. The zero-order valence-corrected chi connectivity index (χ0v) is 19.8. The number of benzene rings is 2. The number of morpholine rings is 1. The summed E-state index contributed by atoms with van der Waals surface area (Å²) in [6.45, 7) is 0.472. The minimum atomic E-state index is -1.26. The molecule has 11 heteroatoms. The zero-order valence-electron chi connectivity index (χ0n) is 18.1. The maximum absolute atomic E-state index is 15.6. The summed E-state index contributed by atoms with van der Waals surface area (Å²) in [5, 5.41) is 12.3. The van der Waals surface area contributed by atoms with Crippen LogP contribution in [0.1, 0.15) is 33.2 Å². The number of ether oxygens (including phenoxy) is 1. The van der Waals surface area contributed by atoms with Gasteiger partial charge in [-0.1, -0.05) is 0 Å². The Kier molecular flexibility index (Phi) is 5.17. The SMILES string of the molecule is O=C1c2c(O)c(=O)ccn2N([C@@H]2c3ccccc3[Se]Cc3c(F)c(F)cc(F)c32)[C@@H]2COCCN12. The predicted octanol–water partition coefficient (Wildman–Crippen LogP) is 1.35. The predicted molar refractivity (Wildman–Crippen MR) is 120 cm³/mol. The van der Waals surface area contributed by atoms with Gasteiger partial charge in [-0.3, -0.25) is 0 Å². The molecule has 6 rings (SSSR count). The molecule has 1 fully saturated rings. The summed E-state index contributed by atoms with van der Waals surface area (Å²) in [6, 6.07) is 7.91. The van der Waals surface area contributed by atoms with Gasteiger partial charge in [0.25, 0.3) is 0 Å². The van der Waals surface area contributed by atoms with E-state index >= 15 is 8.78 Å². The van der Waals surface area contributed by atoms with Crippen LogP contribution in [0, 0.1) is 17.5 Å². The van der Waals surface area contributed by atoms with E-state index in [4.69, 9.17) is 4.74 Å². The molecule has 1 saturated heterocycles. The summed E-state index contributed by atoms with van der Waals surface area (Å²) < 4.78 is 52.8. The number of carbonyl (C=O) groups is 1. The van der Waals surface area contributed by atoms with E-state index in [0.29, 0.717) is 11.6 Å². The van der Waals surface area contributed by atoms with E-state index in [1.54, 1.807) is 17.1 Å². The monoisotopic (exact) mass is 549 g/mol. The fourth-order valence-corrected chi connectivity index (χ4v) is 7.36. The van der Waals surface area contributed by atoms with E-state index in [2.05, 4.69) is 0 Å². The second kappa shape index (κ2) is 8.15. The summed E-state index contributed by atoms with van der Waals surface area (Å²) in [6.07, 6.45) is 0.576. The van der Waals surface area contributed by atoms with Gasteiger partial charge in [0.15, 0.2) is 0 Å². The number of aromatic nitrogens is 1. The number of aromatic hydroxyl groups is 1. The van der Waals surface area contributed by atoms with E-state index in [9.17, 15) is 19.1 Å². The Bertz CT molecular complexity index is 1450. The number of nitrogens with zero attached hydrogens (tertiary/aromatic N) is 3. The number of rotatable bonds is 1. The molecule has 1 aromatic heterocycles. The van der Waals surface area contributed by atoms with Crippen molar-refractivity contribution in [2.24, 2.45) is 0 Å². The molecule has 2 atom stereocenters. The normalized spacial score (nSPS) is 21.1. The van der Waals surface area contributed by atoms with E-state index in [0.717, 1.165) is 10.5 Å². The molecule has 0 aliphatic carbocycles. The van der Waals surface area contributed by atoms with Gasteiger partial charge in [-0.15, -0.1) is 0 Å². The second-order valence-electron chi connectivity index (χ2n) is 8.43. The van der Waals surface area contributed by atoms with Gasteiger partial charge in [-0.05, 0) is 0 Å². The topological polar surface area (TPSA) is 75.0 Å². The Balaban J connectivity index is 1.70. The Hall–Kier alpha value is -3.27. The van der Waals surface area contributed by atoms with Crippen molar-refractivity contribution in [2.45, 2.75) is 17.5 Å². The maximum atomic E-state index is 15.6. The first-order valence-corrected chi connectivity index (χ1v) is 12.9. The van der Waals surface area contributed by atoms with E-state index in [1.165, 1.54) is 15.8 Å². The van der Waals surface area contributed by atoms with Crippen LogP contribution in [-0.2, 0) is 10.1 Å². The molecule has 2 aromatic carbocycles. The van der Waals surface area contributed by atoms with Gasteiger partial charge in [0.05, 0.1) is 0 Å². The number of fused-ring (bicyclic) bond motifs is 4. The minimum absolute atomic E-state index is 0.0419. The van der Waals surface area contributed by atoms with Crippen LogP contribution < -0.4 is 14.9 Å². The van der Waals surface area contributed by atoms with E-state index in [-0.39, 0.29) is 56.9 Å². The molecule has 0 bridgehead atoms. The van der Waals surface area contributed by atoms with Gasteiger partial charge in [-0.25, -0.2) is 0 Å². The summed E-state index contributed by atoms with van der Waals surface area (Å²) >= 11 is -0.329. The molecule has 1 N–H and O–H groups in total. The van der Waals surface area contributed by atoms with Crippen LogP contribution in [0.4, 0.5) is 13.2 Å². The van der Waals surface area contributed by atoms with Gasteiger partial charge in [0, 0.05) is 0 Å². The number of pyridine rings is 1. The Morgan fingerprint density at radius 2 is 1.89 bits per heavy atom. The van der Waals surface area contributed by atoms with Gasteiger partial charge < -0.3 is 0 Å². The molecular weight excluding hydrogens is 530 g/mol. The van der Waals surface area contributed by atoms with Crippen LogP contribution in [0.25, 0.3) is 0 Å². The molecule has 3 aliphatic rings. The third-order valence-corrected chi connectivity index (χ3v) is 8.95. The molecule has 180 valence electrons. The summed E-state index contributed by atoms with van der Waals surface area (Å²) in [4.78, 5) is 27.0. The van der Waals surface area contributed by atoms with Gasteiger partial charge in [0.1, 0.15) is 0 Å².